The van der Waals surface area contributed by atoms with E-state index in [1.807, 2.05) is 15.7 Å². The van der Waals surface area contributed by atoms with E-state index in [0.717, 1.165) is 6.54 Å². The van der Waals surface area contributed by atoms with Gasteiger partial charge in [-0.2, -0.15) is 0 Å². The molecule has 2 amide bonds. The Kier molecular flexibility index (Phi) is 4.92. The maximum Gasteiger partial charge on any atom is 0.290 e. The van der Waals surface area contributed by atoms with Gasteiger partial charge in [-0.25, -0.2) is 4.98 Å². The molecule has 0 saturated carbocycles. The van der Waals surface area contributed by atoms with Crippen molar-refractivity contribution in [2.24, 2.45) is 5.92 Å². The number of nitrogens with zero attached hydrogens (tertiary/aromatic N) is 4. The summed E-state index contributed by atoms with van der Waals surface area (Å²) < 4.78 is 7.55. The maximum atomic E-state index is 12.7. The first-order valence-corrected chi connectivity index (χ1v) is 8.60. The van der Waals surface area contributed by atoms with Crippen molar-refractivity contribution >= 4 is 11.8 Å². The standard InChI is InChI=1S/C18H24N4O3/c1-13(2)10-21-8-9-22(14(3)17(21)23)18(24)16-5-4-15(25-16)11-20-7-6-19-12-20/h4-7,12-14H,8-11H2,1-3H3/t14-/m0/s1. The average Bonchev–Trinajstić information content (AvgIpc) is 3.23. The van der Waals surface area contributed by atoms with E-state index in [1.54, 1.807) is 36.5 Å². The molecule has 7 heteroatoms. The third-order valence-corrected chi connectivity index (χ3v) is 4.36. The monoisotopic (exact) mass is 344 g/mol. The Bertz CT molecular complexity index is 735. The predicted molar refractivity (Wildman–Crippen MR) is 92.0 cm³/mol. The number of carbonyl (C=O) groups excluding carboxylic acids is 2. The van der Waals surface area contributed by atoms with Crippen LogP contribution >= 0.6 is 0 Å². The number of hydrogen-bond acceptors (Lipinski definition) is 4. The molecule has 2 aromatic rings. The molecule has 7 nitrogen and oxygen atoms in total. The van der Waals surface area contributed by atoms with Crippen molar-refractivity contribution in [2.45, 2.75) is 33.4 Å². The summed E-state index contributed by atoms with van der Waals surface area (Å²) in [5.41, 5.74) is 0. The summed E-state index contributed by atoms with van der Waals surface area (Å²) in [6.45, 7) is 8.28. The molecule has 0 unspecified atom stereocenters. The van der Waals surface area contributed by atoms with E-state index in [0.29, 0.717) is 31.3 Å². The molecule has 0 spiro atoms. The molecule has 1 aliphatic heterocycles. The molecule has 0 aliphatic carbocycles. The molecule has 1 atom stereocenters. The van der Waals surface area contributed by atoms with Gasteiger partial charge in [-0.15, -0.1) is 0 Å². The van der Waals surface area contributed by atoms with Gasteiger partial charge < -0.3 is 18.8 Å². The minimum absolute atomic E-state index is 0.00139. The Labute approximate surface area is 147 Å². The molecule has 25 heavy (non-hydrogen) atoms. The molecule has 0 N–H and O–H groups in total. The lowest BCUT2D eigenvalue weighted by atomic mass is 10.1. The highest BCUT2D eigenvalue weighted by molar-refractivity contribution is 5.96. The van der Waals surface area contributed by atoms with Crippen molar-refractivity contribution in [2.75, 3.05) is 19.6 Å². The topological polar surface area (TPSA) is 71.6 Å². The second-order valence-corrected chi connectivity index (χ2v) is 6.85. The molecule has 0 bridgehead atoms. The zero-order chi connectivity index (χ0) is 18.0. The summed E-state index contributed by atoms with van der Waals surface area (Å²) >= 11 is 0. The summed E-state index contributed by atoms with van der Waals surface area (Å²) in [4.78, 5) is 32.7. The predicted octanol–water partition coefficient (Wildman–Crippen LogP) is 1.85. The van der Waals surface area contributed by atoms with E-state index < -0.39 is 6.04 Å². The van der Waals surface area contributed by atoms with E-state index in [2.05, 4.69) is 18.8 Å². The van der Waals surface area contributed by atoms with E-state index in [4.69, 9.17) is 4.42 Å². The van der Waals surface area contributed by atoms with Gasteiger partial charge in [0.2, 0.25) is 5.91 Å². The molecule has 3 heterocycles. The van der Waals surface area contributed by atoms with Gasteiger partial charge in [0.25, 0.3) is 5.91 Å². The Balaban J connectivity index is 1.67. The highest BCUT2D eigenvalue weighted by Gasteiger charge is 2.35. The third-order valence-electron chi connectivity index (χ3n) is 4.36. The zero-order valence-electron chi connectivity index (χ0n) is 14.9. The van der Waals surface area contributed by atoms with Crippen LogP contribution in [-0.4, -0.2) is 56.8 Å². The largest absolute Gasteiger partial charge is 0.454 e. The Morgan fingerprint density at radius 2 is 2.16 bits per heavy atom. The first kappa shape index (κ1) is 17.3. The van der Waals surface area contributed by atoms with Crippen molar-refractivity contribution in [3.63, 3.8) is 0 Å². The van der Waals surface area contributed by atoms with Crippen LogP contribution in [0.4, 0.5) is 0 Å². The zero-order valence-corrected chi connectivity index (χ0v) is 14.9. The van der Waals surface area contributed by atoms with E-state index in [-0.39, 0.29) is 17.6 Å². The van der Waals surface area contributed by atoms with Crippen molar-refractivity contribution in [3.05, 3.63) is 42.4 Å². The van der Waals surface area contributed by atoms with Gasteiger partial charge in [0, 0.05) is 32.0 Å². The Morgan fingerprint density at radius 1 is 1.36 bits per heavy atom. The van der Waals surface area contributed by atoms with Crippen LogP contribution in [0, 0.1) is 5.92 Å². The SMILES string of the molecule is CC(C)CN1CCN(C(=O)c2ccc(Cn3ccnc3)o2)[C@@H](C)C1=O. The summed E-state index contributed by atoms with van der Waals surface area (Å²) in [6, 6.07) is 2.99. The van der Waals surface area contributed by atoms with Crippen LogP contribution in [0.2, 0.25) is 0 Å². The van der Waals surface area contributed by atoms with Crippen LogP contribution in [0.15, 0.2) is 35.3 Å². The van der Waals surface area contributed by atoms with E-state index in [9.17, 15) is 9.59 Å². The number of piperazine rings is 1. The van der Waals surface area contributed by atoms with Crippen LogP contribution in [-0.2, 0) is 11.3 Å². The lowest BCUT2D eigenvalue weighted by molar-refractivity contribution is -0.140. The fraction of sp³-hybridized carbons (Fsp3) is 0.500. The lowest BCUT2D eigenvalue weighted by Crippen LogP contribution is -2.58. The van der Waals surface area contributed by atoms with Crippen molar-refractivity contribution < 1.29 is 14.0 Å². The molecule has 1 aliphatic rings. The summed E-state index contributed by atoms with van der Waals surface area (Å²) in [5, 5.41) is 0. The molecule has 1 saturated heterocycles. The first-order chi connectivity index (χ1) is 12.0. The second kappa shape index (κ2) is 7.13. The Morgan fingerprint density at radius 3 is 2.84 bits per heavy atom. The van der Waals surface area contributed by atoms with Crippen LogP contribution in [0.3, 0.4) is 0 Å². The minimum Gasteiger partial charge on any atom is -0.454 e. The summed E-state index contributed by atoms with van der Waals surface area (Å²) in [5.74, 6) is 1.13. The first-order valence-electron chi connectivity index (χ1n) is 8.60. The van der Waals surface area contributed by atoms with Crippen molar-refractivity contribution in [1.82, 2.24) is 19.4 Å². The third kappa shape index (κ3) is 3.75. The highest BCUT2D eigenvalue weighted by atomic mass is 16.4. The normalized spacial score (nSPS) is 18.2. The highest BCUT2D eigenvalue weighted by Crippen LogP contribution is 2.18. The molecule has 0 aromatic carbocycles. The number of hydrogen-bond donors (Lipinski definition) is 0. The fourth-order valence-corrected chi connectivity index (χ4v) is 3.11. The van der Waals surface area contributed by atoms with Gasteiger partial charge in [0.1, 0.15) is 11.8 Å². The lowest BCUT2D eigenvalue weighted by Gasteiger charge is -2.39. The molecular formula is C18H24N4O3. The molecular weight excluding hydrogens is 320 g/mol. The summed E-state index contributed by atoms with van der Waals surface area (Å²) in [7, 11) is 0. The fourth-order valence-electron chi connectivity index (χ4n) is 3.11. The van der Waals surface area contributed by atoms with Crippen LogP contribution in [0.25, 0.3) is 0 Å². The van der Waals surface area contributed by atoms with Crippen LogP contribution in [0.1, 0.15) is 37.1 Å². The van der Waals surface area contributed by atoms with Gasteiger partial charge in [-0.3, -0.25) is 9.59 Å². The van der Waals surface area contributed by atoms with Gasteiger partial charge in [0.05, 0.1) is 12.9 Å². The Hall–Kier alpha value is -2.57. The second-order valence-electron chi connectivity index (χ2n) is 6.85. The molecule has 0 radical (unpaired) electrons. The molecule has 2 aromatic heterocycles. The molecule has 3 rings (SSSR count). The van der Waals surface area contributed by atoms with Crippen LogP contribution < -0.4 is 0 Å². The summed E-state index contributed by atoms with van der Waals surface area (Å²) in [6.07, 6.45) is 5.22. The van der Waals surface area contributed by atoms with Crippen LogP contribution in [0.5, 0.6) is 0 Å². The number of aromatic nitrogens is 2. The smallest absolute Gasteiger partial charge is 0.290 e. The van der Waals surface area contributed by atoms with E-state index >= 15 is 0 Å². The van der Waals surface area contributed by atoms with Gasteiger partial charge in [0.15, 0.2) is 5.76 Å². The van der Waals surface area contributed by atoms with Gasteiger partial charge in [-0.05, 0) is 25.0 Å². The van der Waals surface area contributed by atoms with Crippen molar-refractivity contribution in [3.8, 4) is 0 Å². The van der Waals surface area contributed by atoms with E-state index in [1.165, 1.54) is 0 Å². The number of carbonyl (C=O) groups is 2. The number of furan rings is 1. The number of amides is 2. The van der Waals surface area contributed by atoms with Gasteiger partial charge >= 0.3 is 0 Å². The quantitative estimate of drug-likeness (QED) is 0.830. The number of imidazole rings is 1. The average molecular weight is 344 g/mol. The minimum atomic E-state index is -0.470. The van der Waals surface area contributed by atoms with Crippen molar-refractivity contribution in [1.29, 1.82) is 0 Å². The molecule has 1 fully saturated rings. The van der Waals surface area contributed by atoms with Gasteiger partial charge in [-0.1, -0.05) is 13.8 Å². The molecule has 134 valence electrons. The maximum absolute atomic E-state index is 12.7. The number of rotatable bonds is 5.